The third kappa shape index (κ3) is 3.89. The SMILES string of the molecule is CCCCN1c2ccccc2N(CC(=O)c2ccc(-c3ccccc3)cc2)C1N. The minimum atomic E-state index is -0.313. The first-order valence-electron chi connectivity index (χ1n) is 10.3. The van der Waals surface area contributed by atoms with E-state index in [0.29, 0.717) is 5.56 Å². The van der Waals surface area contributed by atoms with E-state index in [4.69, 9.17) is 5.73 Å². The molecule has 3 aromatic rings. The van der Waals surface area contributed by atoms with E-state index in [1.165, 1.54) is 0 Å². The highest BCUT2D eigenvalue weighted by molar-refractivity contribution is 6.00. The maximum absolute atomic E-state index is 13.0. The lowest BCUT2D eigenvalue weighted by Crippen LogP contribution is -2.51. The van der Waals surface area contributed by atoms with Gasteiger partial charge in [-0.15, -0.1) is 0 Å². The van der Waals surface area contributed by atoms with Crippen molar-refractivity contribution in [3.8, 4) is 11.1 Å². The van der Waals surface area contributed by atoms with Crippen LogP contribution in [0, 0.1) is 0 Å². The van der Waals surface area contributed by atoms with E-state index in [9.17, 15) is 4.79 Å². The Morgan fingerprint density at radius 1 is 0.828 bits per heavy atom. The van der Waals surface area contributed by atoms with Crippen LogP contribution in [0.4, 0.5) is 11.4 Å². The number of hydrogen-bond acceptors (Lipinski definition) is 4. The van der Waals surface area contributed by atoms with Crippen LogP contribution in [0.1, 0.15) is 30.1 Å². The van der Waals surface area contributed by atoms with Gasteiger partial charge in [-0.2, -0.15) is 0 Å². The Morgan fingerprint density at radius 3 is 2.07 bits per heavy atom. The van der Waals surface area contributed by atoms with Gasteiger partial charge in [0.15, 0.2) is 12.1 Å². The van der Waals surface area contributed by atoms with E-state index in [1.54, 1.807) is 0 Å². The predicted molar refractivity (Wildman–Crippen MR) is 120 cm³/mol. The molecule has 1 aliphatic heterocycles. The number of carbonyl (C=O) groups is 1. The molecule has 3 aromatic carbocycles. The number of benzene rings is 3. The molecule has 2 N–H and O–H groups in total. The fourth-order valence-corrected chi connectivity index (χ4v) is 3.89. The van der Waals surface area contributed by atoms with Crippen molar-refractivity contribution in [1.82, 2.24) is 0 Å². The van der Waals surface area contributed by atoms with Crippen LogP contribution in [-0.4, -0.2) is 25.2 Å². The first-order chi connectivity index (χ1) is 14.2. The van der Waals surface area contributed by atoms with Crippen LogP contribution >= 0.6 is 0 Å². The second-order valence-electron chi connectivity index (χ2n) is 7.44. The molecule has 0 bridgehead atoms. The quantitative estimate of drug-likeness (QED) is 0.588. The van der Waals surface area contributed by atoms with Crippen molar-refractivity contribution in [3.63, 3.8) is 0 Å². The van der Waals surface area contributed by atoms with Gasteiger partial charge in [0.2, 0.25) is 0 Å². The third-order valence-electron chi connectivity index (χ3n) is 5.52. The second kappa shape index (κ2) is 8.50. The molecule has 0 aliphatic carbocycles. The third-order valence-corrected chi connectivity index (χ3v) is 5.52. The summed E-state index contributed by atoms with van der Waals surface area (Å²) in [7, 11) is 0. The molecule has 4 nitrogen and oxygen atoms in total. The zero-order valence-electron chi connectivity index (χ0n) is 16.8. The van der Waals surface area contributed by atoms with Crippen LogP contribution < -0.4 is 15.5 Å². The van der Waals surface area contributed by atoms with Crippen molar-refractivity contribution in [3.05, 3.63) is 84.4 Å². The molecule has 1 atom stereocenters. The summed E-state index contributed by atoms with van der Waals surface area (Å²) < 4.78 is 0. The van der Waals surface area contributed by atoms with E-state index in [-0.39, 0.29) is 18.6 Å². The number of carbonyl (C=O) groups excluding carboxylic acids is 1. The molecule has 0 saturated carbocycles. The molecule has 0 radical (unpaired) electrons. The fraction of sp³-hybridized carbons (Fsp3) is 0.240. The van der Waals surface area contributed by atoms with Crippen LogP contribution in [0.2, 0.25) is 0 Å². The number of unbranched alkanes of at least 4 members (excludes halogenated alkanes) is 1. The smallest absolute Gasteiger partial charge is 0.182 e. The van der Waals surface area contributed by atoms with Gasteiger partial charge in [-0.1, -0.05) is 80.1 Å². The van der Waals surface area contributed by atoms with Crippen molar-refractivity contribution >= 4 is 17.2 Å². The van der Waals surface area contributed by atoms with E-state index in [2.05, 4.69) is 30.0 Å². The number of nitrogens with zero attached hydrogens (tertiary/aromatic N) is 2. The van der Waals surface area contributed by atoms with E-state index >= 15 is 0 Å². The van der Waals surface area contributed by atoms with Crippen LogP contribution in [0.3, 0.4) is 0 Å². The Hall–Kier alpha value is -3.11. The van der Waals surface area contributed by atoms with Crippen LogP contribution in [0.15, 0.2) is 78.9 Å². The molecule has 4 rings (SSSR count). The molecule has 1 aliphatic rings. The molecule has 0 saturated heterocycles. The molecule has 1 unspecified atom stereocenters. The maximum atomic E-state index is 13.0. The second-order valence-corrected chi connectivity index (χ2v) is 7.44. The molecular weight excluding hydrogens is 358 g/mol. The predicted octanol–water partition coefficient (Wildman–Crippen LogP) is 4.91. The van der Waals surface area contributed by atoms with Gasteiger partial charge in [-0.3, -0.25) is 10.5 Å². The van der Waals surface area contributed by atoms with Crippen molar-refractivity contribution in [2.75, 3.05) is 22.9 Å². The zero-order chi connectivity index (χ0) is 20.2. The van der Waals surface area contributed by atoms with E-state index < -0.39 is 0 Å². The number of nitrogens with two attached hydrogens (primary N) is 1. The highest BCUT2D eigenvalue weighted by Crippen LogP contribution is 2.38. The first kappa shape index (κ1) is 19.2. The van der Waals surface area contributed by atoms with Gasteiger partial charge in [0.1, 0.15) is 0 Å². The van der Waals surface area contributed by atoms with Crippen LogP contribution in [0.25, 0.3) is 11.1 Å². The fourth-order valence-electron chi connectivity index (χ4n) is 3.89. The Labute approximate surface area is 172 Å². The van der Waals surface area contributed by atoms with Crippen molar-refractivity contribution in [2.45, 2.75) is 26.1 Å². The highest BCUT2D eigenvalue weighted by atomic mass is 16.1. The molecule has 0 spiro atoms. The highest BCUT2D eigenvalue weighted by Gasteiger charge is 2.33. The van der Waals surface area contributed by atoms with Gasteiger partial charge < -0.3 is 9.80 Å². The summed E-state index contributed by atoms with van der Waals surface area (Å²) >= 11 is 0. The maximum Gasteiger partial charge on any atom is 0.182 e. The van der Waals surface area contributed by atoms with Crippen LogP contribution in [0.5, 0.6) is 0 Å². The number of hydrogen-bond donors (Lipinski definition) is 1. The van der Waals surface area contributed by atoms with Crippen molar-refractivity contribution < 1.29 is 4.79 Å². The van der Waals surface area contributed by atoms with Gasteiger partial charge in [-0.05, 0) is 29.7 Å². The van der Waals surface area contributed by atoms with Gasteiger partial charge in [0.25, 0.3) is 0 Å². The largest absolute Gasteiger partial charge is 0.337 e. The Bertz CT molecular complexity index is 969. The number of anilines is 2. The lowest BCUT2D eigenvalue weighted by atomic mass is 10.0. The van der Waals surface area contributed by atoms with Gasteiger partial charge in [0, 0.05) is 12.1 Å². The van der Waals surface area contributed by atoms with Gasteiger partial charge in [-0.25, -0.2) is 0 Å². The lowest BCUT2D eigenvalue weighted by Gasteiger charge is -2.29. The number of ketones is 1. The minimum Gasteiger partial charge on any atom is -0.337 e. The lowest BCUT2D eigenvalue weighted by molar-refractivity contribution is 0.0997. The number of para-hydroxylation sites is 2. The zero-order valence-corrected chi connectivity index (χ0v) is 16.8. The summed E-state index contributed by atoms with van der Waals surface area (Å²) in [6.45, 7) is 3.34. The molecule has 29 heavy (non-hydrogen) atoms. The monoisotopic (exact) mass is 385 g/mol. The van der Waals surface area contributed by atoms with Crippen molar-refractivity contribution in [1.29, 1.82) is 0 Å². The first-order valence-corrected chi connectivity index (χ1v) is 10.3. The Kier molecular flexibility index (Phi) is 5.63. The number of Topliss-reactive ketones (excluding diaryl/α,β-unsaturated/α-hetero) is 1. The summed E-state index contributed by atoms with van der Waals surface area (Å²) in [6, 6.07) is 26.2. The standard InChI is InChI=1S/C25H27N3O/c1-2-3-17-27-22-11-7-8-12-23(22)28(25(27)26)18-24(29)21-15-13-20(14-16-21)19-9-5-4-6-10-19/h4-16,25H,2-3,17-18,26H2,1H3. The molecular formula is C25H27N3O. The van der Waals surface area contributed by atoms with E-state index in [0.717, 1.165) is 41.9 Å². The molecule has 0 aromatic heterocycles. The Morgan fingerprint density at radius 2 is 1.41 bits per heavy atom. The summed E-state index contributed by atoms with van der Waals surface area (Å²) in [5.41, 5.74) is 11.6. The normalized spacial score (nSPS) is 15.4. The molecule has 148 valence electrons. The van der Waals surface area contributed by atoms with Crippen molar-refractivity contribution in [2.24, 2.45) is 5.73 Å². The summed E-state index contributed by atoms with van der Waals surface area (Å²) in [6.07, 6.45) is 1.87. The summed E-state index contributed by atoms with van der Waals surface area (Å²) in [4.78, 5) is 17.2. The average Bonchev–Trinajstić information content (AvgIpc) is 3.04. The molecule has 4 heteroatoms. The van der Waals surface area contributed by atoms with Gasteiger partial charge >= 0.3 is 0 Å². The number of rotatable bonds is 7. The molecule has 0 amide bonds. The van der Waals surface area contributed by atoms with Gasteiger partial charge in [0.05, 0.1) is 17.9 Å². The van der Waals surface area contributed by atoms with Crippen LogP contribution in [-0.2, 0) is 0 Å². The molecule has 1 heterocycles. The molecule has 0 fully saturated rings. The minimum absolute atomic E-state index is 0.0761. The van der Waals surface area contributed by atoms with E-state index in [1.807, 2.05) is 65.6 Å². The Balaban J connectivity index is 1.52. The average molecular weight is 386 g/mol. The number of fused-ring (bicyclic) bond motifs is 1. The summed E-state index contributed by atoms with van der Waals surface area (Å²) in [5.74, 6) is 0.0761. The summed E-state index contributed by atoms with van der Waals surface area (Å²) in [5, 5.41) is 0. The topological polar surface area (TPSA) is 49.6 Å².